The van der Waals surface area contributed by atoms with E-state index in [2.05, 4.69) is 24.0 Å². The Morgan fingerprint density at radius 3 is 2.58 bits per heavy atom. The van der Waals surface area contributed by atoms with Crippen LogP contribution >= 0.6 is 22.9 Å². The maximum Gasteiger partial charge on any atom is 0.410 e. The van der Waals surface area contributed by atoms with Gasteiger partial charge in [-0.3, -0.25) is 4.90 Å². The number of amides is 1. The van der Waals surface area contributed by atoms with E-state index in [1.807, 2.05) is 48.7 Å². The topological polar surface area (TPSA) is 42.4 Å². The van der Waals surface area contributed by atoms with Crippen LogP contribution in [0, 0.1) is 5.92 Å². The Kier molecular flexibility index (Phi) is 5.58. The van der Waals surface area contributed by atoms with Gasteiger partial charge in [0.1, 0.15) is 5.60 Å². The van der Waals surface area contributed by atoms with Gasteiger partial charge < -0.3 is 4.74 Å². The maximum atomic E-state index is 12.9. The highest BCUT2D eigenvalue weighted by Crippen LogP contribution is 2.42. The Bertz CT molecular complexity index is 740. The molecule has 1 aromatic heterocycles. The van der Waals surface area contributed by atoms with Gasteiger partial charge in [-0.2, -0.15) is 0 Å². The molecule has 0 spiro atoms. The number of hydrogen-bond donors (Lipinski definition) is 0. The van der Waals surface area contributed by atoms with E-state index in [0.717, 1.165) is 17.1 Å². The van der Waals surface area contributed by atoms with Crippen LogP contribution < -0.4 is 0 Å². The van der Waals surface area contributed by atoms with Gasteiger partial charge in [0.15, 0.2) is 0 Å². The highest BCUT2D eigenvalue weighted by molar-refractivity contribution is 7.07. The number of nitrogens with zero attached hydrogens (tertiary/aromatic N) is 2. The molecule has 4 nitrogen and oxygen atoms in total. The molecule has 0 aliphatic carbocycles. The number of rotatable bonds is 2. The summed E-state index contributed by atoms with van der Waals surface area (Å²) in [6.07, 6.45) is 0.581. The lowest BCUT2D eigenvalue weighted by molar-refractivity contribution is 0.000819. The minimum Gasteiger partial charge on any atom is -0.444 e. The van der Waals surface area contributed by atoms with Crippen molar-refractivity contribution < 1.29 is 9.53 Å². The number of piperidine rings is 1. The molecule has 1 saturated heterocycles. The second-order valence-electron chi connectivity index (χ2n) is 7.93. The fourth-order valence-electron chi connectivity index (χ4n) is 3.50. The van der Waals surface area contributed by atoms with Crippen molar-refractivity contribution in [1.29, 1.82) is 0 Å². The van der Waals surface area contributed by atoms with Crippen LogP contribution in [0.1, 0.15) is 57.3 Å². The van der Waals surface area contributed by atoms with Gasteiger partial charge >= 0.3 is 6.09 Å². The van der Waals surface area contributed by atoms with Crippen molar-refractivity contribution >= 4 is 29.0 Å². The van der Waals surface area contributed by atoms with Gasteiger partial charge in [-0.15, -0.1) is 11.3 Å². The van der Waals surface area contributed by atoms with Crippen molar-refractivity contribution in [3.63, 3.8) is 0 Å². The second-order valence-corrected chi connectivity index (χ2v) is 9.09. The van der Waals surface area contributed by atoms with Crippen LogP contribution in [0.3, 0.4) is 0 Å². The number of carbonyl (C=O) groups excluding carboxylic acids is 1. The molecule has 0 saturated carbocycles. The first kappa shape index (κ1) is 19.2. The maximum absolute atomic E-state index is 12.9. The van der Waals surface area contributed by atoms with Gasteiger partial charge in [-0.1, -0.05) is 30.7 Å². The molecule has 6 heteroatoms. The zero-order valence-electron chi connectivity index (χ0n) is 15.6. The average molecular weight is 393 g/mol. The zero-order valence-corrected chi connectivity index (χ0v) is 17.2. The molecule has 3 unspecified atom stereocenters. The molecule has 1 aromatic carbocycles. The number of thiazole rings is 1. The monoisotopic (exact) mass is 392 g/mol. The fraction of sp³-hybridized carbons (Fsp3) is 0.500. The van der Waals surface area contributed by atoms with Crippen molar-refractivity contribution in [2.45, 2.75) is 51.7 Å². The van der Waals surface area contributed by atoms with Crippen LogP contribution in [-0.4, -0.2) is 28.1 Å². The second kappa shape index (κ2) is 7.57. The number of aromatic nitrogens is 1. The number of halogens is 1. The summed E-state index contributed by atoms with van der Waals surface area (Å²) in [4.78, 5) is 19.2. The lowest BCUT2D eigenvalue weighted by Crippen LogP contribution is -2.46. The number of carbonyl (C=O) groups is 1. The summed E-state index contributed by atoms with van der Waals surface area (Å²) in [6.45, 7) is 8.54. The quantitative estimate of drug-likeness (QED) is 0.639. The van der Waals surface area contributed by atoms with Gasteiger partial charge in [0.05, 0.1) is 17.2 Å². The standard InChI is InChI=1S/C20H25ClN2O2S/c1-13-9-18(17-11-26-12-22-17)23(19(24)25-20(2,3)4)10-16(13)14-5-7-15(21)8-6-14/h5-8,11-13,16,18H,9-10H2,1-4H3. The number of ether oxygens (including phenoxy) is 1. The molecule has 2 aromatic rings. The molecule has 0 radical (unpaired) electrons. The third-order valence-electron chi connectivity index (χ3n) is 4.77. The number of likely N-dealkylation sites (tertiary alicyclic amines) is 1. The highest BCUT2D eigenvalue weighted by atomic mass is 35.5. The van der Waals surface area contributed by atoms with E-state index in [1.165, 1.54) is 5.56 Å². The summed E-state index contributed by atoms with van der Waals surface area (Å²) in [6, 6.07) is 7.89. The predicted molar refractivity (Wildman–Crippen MR) is 106 cm³/mol. The first-order chi connectivity index (χ1) is 12.2. The van der Waals surface area contributed by atoms with Gasteiger partial charge in [0.25, 0.3) is 0 Å². The normalized spacial score (nSPS) is 23.7. The molecule has 0 N–H and O–H groups in total. The molecule has 140 valence electrons. The molecule has 3 rings (SSSR count). The molecule has 1 fully saturated rings. The van der Waals surface area contributed by atoms with Gasteiger partial charge in [0.2, 0.25) is 0 Å². The van der Waals surface area contributed by atoms with Crippen molar-refractivity contribution in [1.82, 2.24) is 9.88 Å². The lowest BCUT2D eigenvalue weighted by Gasteiger charge is -2.43. The summed E-state index contributed by atoms with van der Waals surface area (Å²) in [5.74, 6) is 0.663. The minimum absolute atomic E-state index is 0.0466. The summed E-state index contributed by atoms with van der Waals surface area (Å²) in [7, 11) is 0. The van der Waals surface area contributed by atoms with Crippen LogP contribution in [0.4, 0.5) is 4.79 Å². The van der Waals surface area contributed by atoms with Crippen LogP contribution in [0.15, 0.2) is 35.2 Å². The van der Waals surface area contributed by atoms with E-state index in [4.69, 9.17) is 16.3 Å². The summed E-state index contributed by atoms with van der Waals surface area (Å²) in [5, 5.41) is 2.75. The Balaban J connectivity index is 1.89. The van der Waals surface area contributed by atoms with Crippen molar-refractivity contribution in [3.05, 3.63) is 51.4 Å². The molecule has 1 aliphatic heterocycles. The SMILES string of the molecule is CC1CC(c2cscn2)N(C(=O)OC(C)(C)C)CC1c1ccc(Cl)cc1. The first-order valence-electron chi connectivity index (χ1n) is 8.88. The summed E-state index contributed by atoms with van der Waals surface area (Å²) < 4.78 is 5.69. The molecule has 26 heavy (non-hydrogen) atoms. The Labute approximate surface area is 164 Å². The van der Waals surface area contributed by atoms with E-state index in [-0.39, 0.29) is 18.1 Å². The first-order valence-corrected chi connectivity index (χ1v) is 10.2. The lowest BCUT2D eigenvalue weighted by atomic mass is 9.78. The molecule has 0 bridgehead atoms. The number of hydrogen-bond acceptors (Lipinski definition) is 4. The van der Waals surface area contributed by atoms with Crippen LogP contribution in [0.25, 0.3) is 0 Å². The van der Waals surface area contributed by atoms with Crippen LogP contribution in [0.2, 0.25) is 5.02 Å². The smallest absolute Gasteiger partial charge is 0.410 e. The third kappa shape index (κ3) is 4.38. The fourth-order valence-corrected chi connectivity index (χ4v) is 4.22. The number of benzene rings is 1. The van der Waals surface area contributed by atoms with Crippen LogP contribution in [-0.2, 0) is 4.74 Å². The van der Waals surface area contributed by atoms with E-state index in [1.54, 1.807) is 11.3 Å². The molecular weight excluding hydrogens is 368 g/mol. The van der Waals surface area contributed by atoms with Gasteiger partial charge in [0, 0.05) is 22.9 Å². The summed E-state index contributed by atoms with van der Waals surface area (Å²) in [5.41, 5.74) is 3.44. The van der Waals surface area contributed by atoms with Crippen LogP contribution in [0.5, 0.6) is 0 Å². The average Bonchev–Trinajstić information content (AvgIpc) is 3.08. The molecule has 1 aliphatic rings. The molecule has 1 amide bonds. The Morgan fingerprint density at radius 2 is 2.00 bits per heavy atom. The molecule has 2 heterocycles. The Morgan fingerprint density at radius 1 is 1.31 bits per heavy atom. The van der Waals surface area contributed by atoms with Crippen molar-refractivity contribution in [3.8, 4) is 0 Å². The third-order valence-corrected chi connectivity index (χ3v) is 5.63. The predicted octanol–water partition coefficient (Wildman–Crippen LogP) is 5.90. The molecule has 3 atom stereocenters. The van der Waals surface area contributed by atoms with Crippen molar-refractivity contribution in [2.75, 3.05) is 6.54 Å². The van der Waals surface area contributed by atoms with Gasteiger partial charge in [-0.25, -0.2) is 9.78 Å². The van der Waals surface area contributed by atoms with E-state index in [0.29, 0.717) is 12.5 Å². The minimum atomic E-state index is -0.525. The Hall–Kier alpha value is -1.59. The largest absolute Gasteiger partial charge is 0.444 e. The van der Waals surface area contributed by atoms with Crippen molar-refractivity contribution in [2.24, 2.45) is 5.92 Å². The van der Waals surface area contributed by atoms with E-state index in [9.17, 15) is 4.79 Å². The highest BCUT2D eigenvalue weighted by Gasteiger charge is 2.39. The van der Waals surface area contributed by atoms with E-state index < -0.39 is 5.60 Å². The van der Waals surface area contributed by atoms with E-state index >= 15 is 0 Å². The molecular formula is C20H25ClN2O2S. The zero-order chi connectivity index (χ0) is 18.9. The summed E-state index contributed by atoms with van der Waals surface area (Å²) >= 11 is 7.59. The van der Waals surface area contributed by atoms with Gasteiger partial charge in [-0.05, 0) is 50.8 Å².